The topological polar surface area (TPSA) is 54.6 Å². The first-order valence-corrected chi connectivity index (χ1v) is 9.29. The molecule has 1 aliphatic heterocycles. The monoisotopic (exact) mass is 384 g/mol. The van der Waals surface area contributed by atoms with Crippen LogP contribution in [0.25, 0.3) is 11.4 Å². The molecule has 0 aliphatic carbocycles. The van der Waals surface area contributed by atoms with Crippen molar-refractivity contribution in [3.05, 3.63) is 59.4 Å². The van der Waals surface area contributed by atoms with E-state index in [-0.39, 0.29) is 0 Å². The summed E-state index contributed by atoms with van der Waals surface area (Å²) in [4.78, 5) is 9.16. The van der Waals surface area contributed by atoms with E-state index in [2.05, 4.69) is 26.0 Å². The molecular weight excluding hydrogens is 364 g/mol. The van der Waals surface area contributed by atoms with Gasteiger partial charge in [-0.25, -0.2) is 0 Å². The lowest BCUT2D eigenvalue weighted by atomic mass is 10.2. The lowest BCUT2D eigenvalue weighted by Crippen LogP contribution is -2.46. The van der Waals surface area contributed by atoms with Gasteiger partial charge in [-0.1, -0.05) is 41.0 Å². The lowest BCUT2D eigenvalue weighted by molar-refractivity contribution is 0.215. The van der Waals surface area contributed by atoms with Gasteiger partial charge in [-0.3, -0.25) is 4.90 Å². The Morgan fingerprint density at radius 2 is 1.89 bits per heavy atom. The molecule has 2 aromatic carbocycles. The Labute approximate surface area is 163 Å². The third-order valence-electron chi connectivity index (χ3n) is 4.72. The lowest BCUT2D eigenvalue weighted by Gasteiger charge is -2.35. The van der Waals surface area contributed by atoms with Crippen molar-refractivity contribution < 1.29 is 9.26 Å². The molecule has 7 heteroatoms. The fourth-order valence-electron chi connectivity index (χ4n) is 3.24. The second-order valence-electron chi connectivity index (χ2n) is 6.46. The molecule has 0 unspecified atom stereocenters. The van der Waals surface area contributed by atoms with E-state index in [0.29, 0.717) is 18.3 Å². The van der Waals surface area contributed by atoms with E-state index in [4.69, 9.17) is 20.9 Å². The van der Waals surface area contributed by atoms with Crippen molar-refractivity contribution in [2.75, 3.05) is 38.2 Å². The van der Waals surface area contributed by atoms with Gasteiger partial charge in [0, 0.05) is 31.7 Å². The number of benzene rings is 2. The zero-order valence-corrected chi connectivity index (χ0v) is 15.9. The van der Waals surface area contributed by atoms with Gasteiger partial charge in [0.25, 0.3) is 0 Å². The molecule has 27 heavy (non-hydrogen) atoms. The number of hydrogen-bond acceptors (Lipinski definition) is 6. The van der Waals surface area contributed by atoms with Gasteiger partial charge < -0.3 is 14.2 Å². The number of nitrogens with zero attached hydrogens (tertiary/aromatic N) is 4. The fraction of sp³-hybridized carbons (Fsp3) is 0.300. The van der Waals surface area contributed by atoms with E-state index in [0.717, 1.165) is 48.2 Å². The van der Waals surface area contributed by atoms with Crippen LogP contribution in [-0.2, 0) is 6.54 Å². The van der Waals surface area contributed by atoms with Gasteiger partial charge in [-0.2, -0.15) is 4.98 Å². The predicted octanol–water partition coefficient (Wildman–Crippen LogP) is 3.72. The van der Waals surface area contributed by atoms with Crippen LogP contribution < -0.4 is 9.64 Å². The number of halogens is 1. The molecule has 3 aromatic rings. The Morgan fingerprint density at radius 3 is 2.67 bits per heavy atom. The van der Waals surface area contributed by atoms with Crippen LogP contribution in [-0.4, -0.2) is 48.3 Å². The van der Waals surface area contributed by atoms with Crippen molar-refractivity contribution in [2.24, 2.45) is 0 Å². The highest BCUT2D eigenvalue weighted by atomic mass is 35.5. The highest BCUT2D eigenvalue weighted by molar-refractivity contribution is 6.33. The van der Waals surface area contributed by atoms with Gasteiger partial charge in [-0.05, 0) is 24.3 Å². The molecule has 0 spiro atoms. The largest absolute Gasteiger partial charge is 0.497 e. The zero-order chi connectivity index (χ0) is 18.6. The summed E-state index contributed by atoms with van der Waals surface area (Å²) in [5, 5.41) is 4.90. The molecule has 6 nitrogen and oxygen atoms in total. The van der Waals surface area contributed by atoms with Gasteiger partial charge in [-0.15, -0.1) is 0 Å². The van der Waals surface area contributed by atoms with E-state index in [1.54, 1.807) is 7.11 Å². The molecule has 0 radical (unpaired) electrons. The molecule has 0 atom stereocenters. The zero-order valence-electron chi connectivity index (χ0n) is 15.1. The number of hydrogen-bond donors (Lipinski definition) is 0. The molecule has 1 fully saturated rings. The molecular formula is C20H21ClN4O2. The van der Waals surface area contributed by atoms with E-state index in [1.165, 1.54) is 0 Å². The van der Waals surface area contributed by atoms with Gasteiger partial charge in [0.2, 0.25) is 11.7 Å². The SMILES string of the molecule is COc1cccc(-c2noc(CN3CCN(c4ccccc4Cl)CC3)n2)c1. The van der Waals surface area contributed by atoms with Gasteiger partial charge in [0.15, 0.2) is 0 Å². The van der Waals surface area contributed by atoms with Crippen molar-refractivity contribution in [2.45, 2.75) is 6.54 Å². The molecule has 0 N–H and O–H groups in total. The van der Waals surface area contributed by atoms with Gasteiger partial charge in [0.1, 0.15) is 5.75 Å². The Kier molecular flexibility index (Phi) is 5.27. The third-order valence-corrected chi connectivity index (χ3v) is 5.04. The number of methoxy groups -OCH3 is 1. The maximum atomic E-state index is 6.31. The van der Waals surface area contributed by atoms with E-state index in [1.807, 2.05) is 42.5 Å². The minimum atomic E-state index is 0.582. The smallest absolute Gasteiger partial charge is 0.241 e. The van der Waals surface area contributed by atoms with Crippen LogP contribution in [0.3, 0.4) is 0 Å². The predicted molar refractivity (Wildman–Crippen MR) is 105 cm³/mol. The summed E-state index contributed by atoms with van der Waals surface area (Å²) >= 11 is 6.31. The Balaban J connectivity index is 1.37. The van der Waals surface area contributed by atoms with Gasteiger partial charge in [0.05, 0.1) is 24.4 Å². The number of piperazine rings is 1. The summed E-state index contributed by atoms with van der Waals surface area (Å²) in [5.41, 5.74) is 1.98. The summed E-state index contributed by atoms with van der Waals surface area (Å²) in [6.07, 6.45) is 0. The minimum absolute atomic E-state index is 0.582. The Bertz CT molecular complexity index is 906. The minimum Gasteiger partial charge on any atom is -0.497 e. The Hall–Kier alpha value is -2.57. The van der Waals surface area contributed by atoms with Crippen LogP contribution in [0.15, 0.2) is 53.1 Å². The maximum Gasteiger partial charge on any atom is 0.241 e. The van der Waals surface area contributed by atoms with Crippen LogP contribution in [0.2, 0.25) is 5.02 Å². The van der Waals surface area contributed by atoms with Crippen molar-refractivity contribution >= 4 is 17.3 Å². The highest BCUT2D eigenvalue weighted by Crippen LogP contribution is 2.26. The van der Waals surface area contributed by atoms with Crippen LogP contribution in [0.1, 0.15) is 5.89 Å². The third kappa shape index (κ3) is 4.07. The normalized spacial score (nSPS) is 15.1. The quantitative estimate of drug-likeness (QED) is 0.668. The van der Waals surface area contributed by atoms with Crippen LogP contribution in [0.5, 0.6) is 5.75 Å². The maximum absolute atomic E-state index is 6.31. The van der Waals surface area contributed by atoms with Crippen molar-refractivity contribution in [3.8, 4) is 17.1 Å². The molecule has 0 bridgehead atoms. The summed E-state index contributed by atoms with van der Waals surface area (Å²) in [6, 6.07) is 15.6. The summed E-state index contributed by atoms with van der Waals surface area (Å²) in [7, 11) is 1.64. The highest BCUT2D eigenvalue weighted by Gasteiger charge is 2.21. The average molecular weight is 385 g/mol. The molecule has 1 aliphatic rings. The Morgan fingerprint density at radius 1 is 1.07 bits per heavy atom. The fourth-order valence-corrected chi connectivity index (χ4v) is 3.50. The van der Waals surface area contributed by atoms with Gasteiger partial charge >= 0.3 is 0 Å². The van der Waals surface area contributed by atoms with Crippen LogP contribution in [0.4, 0.5) is 5.69 Å². The van der Waals surface area contributed by atoms with Crippen LogP contribution in [0, 0.1) is 0 Å². The number of para-hydroxylation sites is 1. The average Bonchev–Trinajstić information content (AvgIpc) is 3.18. The summed E-state index contributed by atoms with van der Waals surface area (Å²) in [6.45, 7) is 4.32. The second kappa shape index (κ2) is 7.98. The van der Waals surface area contributed by atoms with E-state index < -0.39 is 0 Å². The number of ether oxygens (including phenoxy) is 1. The van der Waals surface area contributed by atoms with Crippen molar-refractivity contribution in [1.29, 1.82) is 0 Å². The number of aromatic nitrogens is 2. The molecule has 1 aromatic heterocycles. The standard InChI is InChI=1S/C20H21ClN4O2/c1-26-16-6-4-5-15(13-16)20-22-19(27-23-20)14-24-9-11-25(12-10-24)18-8-3-2-7-17(18)21/h2-8,13H,9-12,14H2,1H3. The molecule has 140 valence electrons. The first-order chi connectivity index (χ1) is 13.2. The molecule has 2 heterocycles. The molecule has 1 saturated heterocycles. The van der Waals surface area contributed by atoms with Crippen LogP contribution >= 0.6 is 11.6 Å². The first-order valence-electron chi connectivity index (χ1n) is 8.92. The number of anilines is 1. The molecule has 4 rings (SSSR count). The summed E-state index contributed by atoms with van der Waals surface area (Å²) < 4.78 is 10.7. The first kappa shape index (κ1) is 17.8. The van der Waals surface area contributed by atoms with E-state index >= 15 is 0 Å². The molecule has 0 amide bonds. The van der Waals surface area contributed by atoms with Crippen molar-refractivity contribution in [1.82, 2.24) is 15.0 Å². The summed E-state index contributed by atoms with van der Waals surface area (Å²) in [5.74, 6) is 1.98. The van der Waals surface area contributed by atoms with E-state index in [9.17, 15) is 0 Å². The molecule has 0 saturated carbocycles. The second-order valence-corrected chi connectivity index (χ2v) is 6.87. The van der Waals surface area contributed by atoms with Crippen molar-refractivity contribution in [3.63, 3.8) is 0 Å². The number of rotatable bonds is 5.